The first-order valence-corrected chi connectivity index (χ1v) is 6.81. The molecule has 0 heterocycles. The van der Waals surface area contributed by atoms with E-state index in [1.165, 1.54) is 24.8 Å². The summed E-state index contributed by atoms with van der Waals surface area (Å²) in [4.78, 5) is 4.23. The zero-order chi connectivity index (χ0) is 12.8. The average molecular weight is 245 g/mol. The van der Waals surface area contributed by atoms with Gasteiger partial charge in [0.1, 0.15) is 0 Å². The summed E-state index contributed by atoms with van der Waals surface area (Å²) in [6.07, 6.45) is 3.87. The minimum Gasteiger partial charge on any atom is -0.357 e. The minimum atomic E-state index is 0.312. The lowest BCUT2D eigenvalue weighted by Gasteiger charge is -2.43. The van der Waals surface area contributed by atoms with Crippen molar-refractivity contribution in [3.63, 3.8) is 0 Å². The van der Waals surface area contributed by atoms with Crippen LogP contribution < -0.4 is 10.6 Å². The molecule has 1 fully saturated rings. The second-order valence-electron chi connectivity index (χ2n) is 4.96. The molecule has 1 saturated carbocycles. The third kappa shape index (κ3) is 2.66. The van der Waals surface area contributed by atoms with Gasteiger partial charge >= 0.3 is 0 Å². The molecule has 0 bridgehead atoms. The first kappa shape index (κ1) is 12.9. The minimum absolute atomic E-state index is 0.312. The Labute approximate surface area is 110 Å². The Hall–Kier alpha value is -1.51. The Morgan fingerprint density at radius 1 is 1.22 bits per heavy atom. The van der Waals surface area contributed by atoms with Crippen LogP contribution in [0.4, 0.5) is 0 Å². The van der Waals surface area contributed by atoms with Crippen LogP contribution in [-0.4, -0.2) is 26.1 Å². The highest BCUT2D eigenvalue weighted by molar-refractivity contribution is 5.79. The van der Waals surface area contributed by atoms with Crippen molar-refractivity contribution in [2.45, 2.75) is 31.6 Å². The van der Waals surface area contributed by atoms with Crippen molar-refractivity contribution in [1.29, 1.82) is 0 Å². The summed E-state index contributed by atoms with van der Waals surface area (Å²) in [6, 6.07) is 10.8. The molecule has 1 aromatic rings. The number of guanidine groups is 1. The molecular weight excluding hydrogens is 222 g/mol. The van der Waals surface area contributed by atoms with Crippen LogP contribution >= 0.6 is 0 Å². The van der Waals surface area contributed by atoms with Crippen LogP contribution in [0.3, 0.4) is 0 Å². The van der Waals surface area contributed by atoms with Crippen molar-refractivity contribution in [3.05, 3.63) is 35.9 Å². The number of nitrogens with one attached hydrogen (secondary N) is 2. The van der Waals surface area contributed by atoms with Gasteiger partial charge in [-0.3, -0.25) is 4.99 Å². The normalized spacial score (nSPS) is 18.0. The lowest BCUT2D eigenvalue weighted by Crippen LogP contribution is -2.48. The number of nitrogens with zero attached hydrogens (tertiary/aromatic N) is 1. The van der Waals surface area contributed by atoms with Gasteiger partial charge in [-0.1, -0.05) is 36.8 Å². The van der Waals surface area contributed by atoms with Crippen LogP contribution in [-0.2, 0) is 5.41 Å². The number of aliphatic imine (C=N–C) groups is 1. The van der Waals surface area contributed by atoms with Crippen LogP contribution in [0, 0.1) is 0 Å². The maximum Gasteiger partial charge on any atom is 0.190 e. The predicted octanol–water partition coefficient (Wildman–Crippen LogP) is 2.29. The van der Waals surface area contributed by atoms with Crippen LogP contribution in [0.2, 0.25) is 0 Å². The number of rotatable bonds is 4. The molecule has 0 aliphatic heterocycles. The molecule has 3 nitrogen and oxygen atoms in total. The summed E-state index contributed by atoms with van der Waals surface area (Å²) >= 11 is 0. The molecule has 0 aromatic heterocycles. The van der Waals surface area contributed by atoms with Crippen molar-refractivity contribution in [3.8, 4) is 0 Å². The van der Waals surface area contributed by atoms with Crippen LogP contribution in [0.15, 0.2) is 35.3 Å². The molecular formula is C15H23N3. The van der Waals surface area contributed by atoms with Crippen molar-refractivity contribution < 1.29 is 0 Å². The highest BCUT2D eigenvalue weighted by atomic mass is 15.2. The number of hydrogen-bond acceptors (Lipinski definition) is 1. The van der Waals surface area contributed by atoms with E-state index in [-0.39, 0.29) is 0 Å². The van der Waals surface area contributed by atoms with Gasteiger partial charge in [-0.25, -0.2) is 0 Å². The van der Waals surface area contributed by atoms with Gasteiger partial charge in [0, 0.05) is 25.6 Å². The molecule has 0 spiro atoms. The van der Waals surface area contributed by atoms with Gasteiger partial charge in [-0.05, 0) is 25.3 Å². The van der Waals surface area contributed by atoms with Gasteiger partial charge in [0.05, 0.1) is 0 Å². The highest BCUT2D eigenvalue weighted by Gasteiger charge is 2.38. The van der Waals surface area contributed by atoms with Crippen molar-refractivity contribution in [2.75, 3.05) is 20.1 Å². The molecule has 1 aliphatic rings. The van der Waals surface area contributed by atoms with E-state index in [1.807, 2.05) is 7.05 Å². The largest absolute Gasteiger partial charge is 0.357 e. The summed E-state index contributed by atoms with van der Waals surface area (Å²) in [5, 5.41) is 6.69. The van der Waals surface area contributed by atoms with E-state index in [0.717, 1.165) is 19.0 Å². The summed E-state index contributed by atoms with van der Waals surface area (Å²) in [5.41, 5.74) is 1.77. The van der Waals surface area contributed by atoms with Gasteiger partial charge in [0.25, 0.3) is 0 Å². The monoisotopic (exact) mass is 245 g/mol. The van der Waals surface area contributed by atoms with E-state index < -0.39 is 0 Å². The van der Waals surface area contributed by atoms with Gasteiger partial charge in [0.15, 0.2) is 5.96 Å². The fraction of sp³-hybridized carbons (Fsp3) is 0.533. The SMILES string of the molecule is CCNC(=NC)NCC1(c2ccccc2)CCC1. The molecule has 2 N–H and O–H groups in total. The van der Waals surface area contributed by atoms with E-state index in [1.54, 1.807) is 0 Å². The van der Waals surface area contributed by atoms with E-state index in [9.17, 15) is 0 Å². The zero-order valence-electron chi connectivity index (χ0n) is 11.4. The van der Waals surface area contributed by atoms with Gasteiger partial charge in [-0.2, -0.15) is 0 Å². The number of hydrogen-bond donors (Lipinski definition) is 2. The van der Waals surface area contributed by atoms with E-state index in [0.29, 0.717) is 5.41 Å². The first-order chi connectivity index (χ1) is 8.80. The quantitative estimate of drug-likeness (QED) is 0.631. The van der Waals surface area contributed by atoms with Crippen molar-refractivity contribution in [2.24, 2.45) is 4.99 Å². The Bertz CT molecular complexity index is 393. The van der Waals surface area contributed by atoms with Crippen LogP contribution in [0.1, 0.15) is 31.7 Å². The van der Waals surface area contributed by atoms with Crippen molar-refractivity contribution in [1.82, 2.24) is 10.6 Å². The Morgan fingerprint density at radius 2 is 1.94 bits per heavy atom. The maximum atomic E-state index is 4.23. The molecule has 1 aliphatic carbocycles. The molecule has 1 aromatic carbocycles. The fourth-order valence-corrected chi connectivity index (χ4v) is 2.60. The molecule has 0 saturated heterocycles. The Morgan fingerprint density at radius 3 is 2.44 bits per heavy atom. The third-order valence-electron chi connectivity index (χ3n) is 3.86. The van der Waals surface area contributed by atoms with Crippen LogP contribution in [0.25, 0.3) is 0 Å². The van der Waals surface area contributed by atoms with E-state index >= 15 is 0 Å². The second kappa shape index (κ2) is 5.89. The Balaban J connectivity index is 2.01. The van der Waals surface area contributed by atoms with Gasteiger partial charge in [-0.15, -0.1) is 0 Å². The highest BCUT2D eigenvalue weighted by Crippen LogP contribution is 2.42. The van der Waals surface area contributed by atoms with Gasteiger partial charge in [0.2, 0.25) is 0 Å². The molecule has 0 radical (unpaired) electrons. The summed E-state index contributed by atoms with van der Waals surface area (Å²) in [5.74, 6) is 0.903. The maximum absolute atomic E-state index is 4.23. The zero-order valence-corrected chi connectivity index (χ0v) is 11.4. The smallest absolute Gasteiger partial charge is 0.190 e. The standard InChI is InChI=1S/C15H23N3/c1-3-17-14(16-2)18-12-15(10-7-11-15)13-8-5-4-6-9-13/h4-6,8-9H,3,7,10-12H2,1-2H3,(H2,16,17,18). The summed E-state index contributed by atoms with van der Waals surface area (Å²) < 4.78 is 0. The summed E-state index contributed by atoms with van der Waals surface area (Å²) in [6.45, 7) is 3.96. The third-order valence-corrected chi connectivity index (χ3v) is 3.86. The lowest BCUT2D eigenvalue weighted by atomic mass is 9.64. The average Bonchev–Trinajstić information content (AvgIpc) is 2.37. The molecule has 98 valence electrons. The summed E-state index contributed by atoms with van der Waals surface area (Å²) in [7, 11) is 1.82. The van der Waals surface area contributed by atoms with E-state index in [2.05, 4.69) is 52.9 Å². The molecule has 0 unspecified atom stereocenters. The molecule has 2 rings (SSSR count). The molecule has 18 heavy (non-hydrogen) atoms. The predicted molar refractivity (Wildman–Crippen MR) is 77.0 cm³/mol. The topological polar surface area (TPSA) is 36.4 Å². The second-order valence-corrected chi connectivity index (χ2v) is 4.96. The van der Waals surface area contributed by atoms with Crippen molar-refractivity contribution >= 4 is 5.96 Å². The molecule has 3 heteroatoms. The first-order valence-electron chi connectivity index (χ1n) is 6.81. The van der Waals surface area contributed by atoms with Gasteiger partial charge < -0.3 is 10.6 Å². The molecule has 0 atom stereocenters. The fourth-order valence-electron chi connectivity index (χ4n) is 2.60. The Kier molecular flexibility index (Phi) is 4.24. The molecule has 0 amide bonds. The van der Waals surface area contributed by atoms with E-state index in [4.69, 9.17) is 0 Å². The lowest BCUT2D eigenvalue weighted by molar-refractivity contribution is 0.244. The number of benzene rings is 1. The van der Waals surface area contributed by atoms with Crippen LogP contribution in [0.5, 0.6) is 0 Å².